The van der Waals surface area contributed by atoms with Crippen LogP contribution in [-0.4, -0.2) is 51.2 Å². The van der Waals surface area contributed by atoms with Gasteiger partial charge in [0.15, 0.2) is 11.6 Å². The fraction of sp³-hybridized carbons (Fsp3) is 0.306. The average Bonchev–Trinajstić information content (AvgIpc) is 3.76. The Labute approximate surface area is 331 Å². The molecule has 7 rings (SSSR count). The molecule has 2 unspecified atom stereocenters. The maximum Gasteiger partial charge on any atom is 0.292 e. The standard InChI is InChI=1S/C36H29ClF8N10O2S/c1-15-8-19-28(32(42)43)50-54(30(19)36(15,44)45)14-25(56)47-23(11-16-9-17(38)12-18(39)10-16)35-49-22(33-46-7-6-21(48-33)31(40)41)13-26(57)55(35)24-5-4-20(37)27-29(24)53(2)51-34(27)52-58-3/h4-7,9-10,12-13,15,23,31-32H,8,11,14H2,1-3H3,(H,47,56)(H,51,52). The fourth-order valence-electron chi connectivity index (χ4n) is 7.01. The molecule has 0 radical (unpaired) electrons. The van der Waals surface area contributed by atoms with Crippen molar-refractivity contribution >= 4 is 46.2 Å². The SMILES string of the molecule is CSNc1nn(C)c2c(-n3c(C(Cc4cc(F)cc(F)c4)NC(=O)Cn4nc(C(F)F)c5c4C(F)(F)C(C)C5)nc(-c4nccc(C(F)F)n4)cc3=O)ccc(Cl)c12. The number of nitrogens with one attached hydrogen (secondary N) is 2. The number of hydrogen-bond donors (Lipinski definition) is 2. The van der Waals surface area contributed by atoms with Crippen molar-refractivity contribution < 1.29 is 39.9 Å². The summed E-state index contributed by atoms with van der Waals surface area (Å²) < 4.78 is 121. The van der Waals surface area contributed by atoms with E-state index >= 15 is 8.78 Å². The van der Waals surface area contributed by atoms with Crippen LogP contribution in [0.4, 0.5) is 40.9 Å². The maximum atomic E-state index is 15.4. The van der Waals surface area contributed by atoms with Gasteiger partial charge < -0.3 is 10.0 Å². The van der Waals surface area contributed by atoms with Gasteiger partial charge in [-0.2, -0.15) is 19.0 Å². The summed E-state index contributed by atoms with van der Waals surface area (Å²) in [6, 6.07) is 5.62. The Balaban J connectivity index is 1.44. The number of rotatable bonds is 12. The van der Waals surface area contributed by atoms with Crippen molar-refractivity contribution in [1.82, 2.24) is 44.4 Å². The molecule has 22 heteroatoms. The molecule has 6 aromatic rings. The molecule has 0 aliphatic heterocycles. The fourth-order valence-corrected chi connectivity index (χ4v) is 7.59. The highest BCUT2D eigenvalue weighted by molar-refractivity contribution is 7.99. The lowest BCUT2D eigenvalue weighted by atomic mass is 10.0. The van der Waals surface area contributed by atoms with Gasteiger partial charge in [0.25, 0.3) is 24.3 Å². The molecule has 0 saturated heterocycles. The summed E-state index contributed by atoms with van der Waals surface area (Å²) in [4.78, 5) is 40.8. The summed E-state index contributed by atoms with van der Waals surface area (Å²) in [5, 5.41) is 11.2. The van der Waals surface area contributed by atoms with Crippen LogP contribution in [0.1, 0.15) is 59.8 Å². The van der Waals surface area contributed by atoms with E-state index in [2.05, 4.69) is 35.2 Å². The van der Waals surface area contributed by atoms with Crippen LogP contribution >= 0.6 is 23.5 Å². The van der Waals surface area contributed by atoms with Crippen molar-refractivity contribution in [3.63, 3.8) is 0 Å². The van der Waals surface area contributed by atoms with Gasteiger partial charge in [0.1, 0.15) is 46.8 Å². The molecule has 1 amide bonds. The summed E-state index contributed by atoms with van der Waals surface area (Å²) in [5.74, 6) is -8.66. The smallest absolute Gasteiger partial charge is 0.292 e. The van der Waals surface area contributed by atoms with Gasteiger partial charge in [0.05, 0.1) is 27.7 Å². The second kappa shape index (κ2) is 15.6. The van der Waals surface area contributed by atoms with E-state index in [0.717, 1.165) is 35.0 Å². The van der Waals surface area contributed by atoms with Crippen LogP contribution in [0.2, 0.25) is 5.02 Å². The number of carbonyl (C=O) groups excluding carboxylic acids is 1. The number of halogens is 9. The zero-order valence-electron chi connectivity index (χ0n) is 30.3. The molecule has 2 atom stereocenters. The number of benzene rings is 2. The van der Waals surface area contributed by atoms with Crippen molar-refractivity contribution in [2.75, 3.05) is 11.0 Å². The maximum absolute atomic E-state index is 15.4. The van der Waals surface area contributed by atoms with Crippen molar-refractivity contribution in [2.45, 2.75) is 51.1 Å². The number of aromatic nitrogens is 8. The van der Waals surface area contributed by atoms with Gasteiger partial charge in [-0.1, -0.05) is 30.5 Å². The third-order valence-corrected chi connectivity index (χ3v) is 10.2. The molecule has 4 aromatic heterocycles. The Morgan fingerprint density at radius 3 is 2.43 bits per heavy atom. The lowest BCUT2D eigenvalue weighted by Crippen LogP contribution is -2.38. The van der Waals surface area contributed by atoms with E-state index in [-0.39, 0.29) is 38.9 Å². The minimum Gasteiger partial charge on any atom is -0.344 e. The minimum absolute atomic E-state index is 0.0645. The molecule has 0 bridgehead atoms. The topological polar surface area (TPSA) is 137 Å². The Morgan fingerprint density at radius 2 is 1.76 bits per heavy atom. The number of aryl methyl sites for hydroxylation is 1. The van der Waals surface area contributed by atoms with E-state index < -0.39 is 96.1 Å². The van der Waals surface area contributed by atoms with Gasteiger partial charge in [0, 0.05) is 49.5 Å². The highest BCUT2D eigenvalue weighted by atomic mass is 35.5. The van der Waals surface area contributed by atoms with E-state index in [1.54, 1.807) is 13.3 Å². The van der Waals surface area contributed by atoms with E-state index in [9.17, 15) is 35.9 Å². The molecule has 2 N–H and O–H groups in total. The molecule has 0 fully saturated rings. The van der Waals surface area contributed by atoms with Crippen molar-refractivity contribution in [3.8, 4) is 17.2 Å². The second-order valence-corrected chi connectivity index (χ2v) is 14.4. The van der Waals surface area contributed by atoms with Gasteiger partial charge in [0.2, 0.25) is 5.91 Å². The van der Waals surface area contributed by atoms with Gasteiger partial charge >= 0.3 is 0 Å². The van der Waals surface area contributed by atoms with E-state index in [4.69, 9.17) is 11.6 Å². The Kier molecular flexibility index (Phi) is 11.0. The number of hydrogen-bond acceptors (Lipinski definition) is 9. The normalized spacial score (nSPS) is 15.4. The van der Waals surface area contributed by atoms with Gasteiger partial charge in [-0.05, 0) is 42.3 Å². The zero-order valence-corrected chi connectivity index (χ0v) is 31.8. The number of carbonyl (C=O) groups is 1. The highest BCUT2D eigenvalue weighted by Gasteiger charge is 2.51. The van der Waals surface area contributed by atoms with Crippen LogP contribution in [0.15, 0.2) is 53.5 Å². The molecule has 1 aliphatic carbocycles. The predicted molar refractivity (Wildman–Crippen MR) is 197 cm³/mol. The first-order valence-electron chi connectivity index (χ1n) is 17.2. The number of nitrogens with zero attached hydrogens (tertiary/aromatic N) is 8. The first-order valence-corrected chi connectivity index (χ1v) is 18.8. The molecule has 0 saturated carbocycles. The Hall–Kier alpha value is -5.57. The molecule has 1 aliphatic rings. The van der Waals surface area contributed by atoms with Crippen molar-refractivity contribution in [2.24, 2.45) is 13.0 Å². The van der Waals surface area contributed by atoms with Crippen LogP contribution in [0.3, 0.4) is 0 Å². The minimum atomic E-state index is -3.63. The van der Waals surface area contributed by atoms with Crippen molar-refractivity contribution in [3.05, 3.63) is 110 Å². The summed E-state index contributed by atoms with van der Waals surface area (Å²) in [6.45, 7) is 0.133. The van der Waals surface area contributed by atoms with Crippen LogP contribution in [-0.2, 0) is 37.2 Å². The summed E-state index contributed by atoms with van der Waals surface area (Å²) in [7, 11) is 1.55. The van der Waals surface area contributed by atoms with Crippen LogP contribution in [0.5, 0.6) is 0 Å². The molecule has 12 nitrogen and oxygen atoms in total. The number of alkyl halides is 6. The van der Waals surface area contributed by atoms with Gasteiger partial charge in [-0.3, -0.25) is 23.5 Å². The third kappa shape index (κ3) is 7.47. The molecule has 58 heavy (non-hydrogen) atoms. The molecular formula is C36H29ClF8N10O2S. The van der Waals surface area contributed by atoms with Crippen LogP contribution in [0.25, 0.3) is 28.1 Å². The third-order valence-electron chi connectivity index (χ3n) is 9.47. The second-order valence-electron chi connectivity index (χ2n) is 13.3. The summed E-state index contributed by atoms with van der Waals surface area (Å²) in [5.41, 5.74) is -3.89. The van der Waals surface area contributed by atoms with Gasteiger partial charge in [-0.25, -0.2) is 41.3 Å². The lowest BCUT2D eigenvalue weighted by molar-refractivity contribution is -0.123. The number of fused-ring (bicyclic) bond motifs is 2. The first kappa shape index (κ1) is 40.6. The first-order chi connectivity index (χ1) is 27.5. The molecule has 304 valence electrons. The summed E-state index contributed by atoms with van der Waals surface area (Å²) in [6.07, 6.45) is -4.49. The average molecular weight is 853 g/mol. The van der Waals surface area contributed by atoms with E-state index in [0.29, 0.717) is 22.0 Å². The monoisotopic (exact) mass is 852 g/mol. The highest BCUT2D eigenvalue weighted by Crippen LogP contribution is 2.48. The molecule has 0 spiro atoms. The molecular weight excluding hydrogens is 824 g/mol. The predicted octanol–water partition coefficient (Wildman–Crippen LogP) is 7.65. The van der Waals surface area contributed by atoms with E-state index in [1.807, 2.05) is 0 Å². The van der Waals surface area contributed by atoms with Crippen molar-refractivity contribution in [1.29, 1.82) is 0 Å². The lowest BCUT2D eigenvalue weighted by Gasteiger charge is -2.24. The number of anilines is 1. The Bertz CT molecular complexity index is 2620. The molecule has 2 aromatic carbocycles. The Morgan fingerprint density at radius 1 is 1.03 bits per heavy atom. The zero-order chi connectivity index (χ0) is 41.8. The number of amides is 1. The van der Waals surface area contributed by atoms with Gasteiger partial charge in [-0.15, -0.1) is 0 Å². The van der Waals surface area contributed by atoms with Crippen LogP contribution < -0.4 is 15.6 Å². The molecule has 4 heterocycles. The quantitative estimate of drug-likeness (QED) is 0.0940. The van der Waals surface area contributed by atoms with E-state index in [1.165, 1.54) is 35.7 Å². The largest absolute Gasteiger partial charge is 0.344 e. The summed E-state index contributed by atoms with van der Waals surface area (Å²) >= 11 is 7.80. The van der Waals surface area contributed by atoms with Crippen LogP contribution in [0, 0.1) is 17.6 Å².